The Balaban J connectivity index is 1.77. The van der Waals surface area contributed by atoms with E-state index in [0.717, 1.165) is 48.9 Å². The molecule has 1 atom stereocenters. The van der Waals surface area contributed by atoms with Crippen LogP contribution in [-0.2, 0) is 16.3 Å². The molecular weight excluding hydrogens is 524 g/mol. The number of aromatic nitrogens is 1. The molecule has 0 bridgehead atoms. The number of sulfone groups is 1. The summed E-state index contributed by atoms with van der Waals surface area (Å²) in [4.78, 5) is 20.0. The van der Waals surface area contributed by atoms with Gasteiger partial charge in [-0.3, -0.25) is 4.79 Å². The number of nitrogens with zero attached hydrogens (tertiary/aromatic N) is 3. The second-order valence-electron chi connectivity index (χ2n) is 7.91. The van der Waals surface area contributed by atoms with E-state index in [1.54, 1.807) is 4.90 Å². The van der Waals surface area contributed by atoms with Crippen LogP contribution in [0.3, 0.4) is 0 Å². The first-order chi connectivity index (χ1) is 16.0. The fourth-order valence-electron chi connectivity index (χ4n) is 3.26. The zero-order chi connectivity index (χ0) is 26.2. The summed E-state index contributed by atoms with van der Waals surface area (Å²) in [5.74, 6) is -1.14. The van der Waals surface area contributed by atoms with Crippen molar-refractivity contribution in [3.05, 3.63) is 34.8 Å². The van der Waals surface area contributed by atoms with E-state index < -0.39 is 46.4 Å². The molecule has 1 fully saturated rings. The van der Waals surface area contributed by atoms with Gasteiger partial charge < -0.3 is 14.5 Å². The Morgan fingerprint density at radius 1 is 1.14 bits per heavy atom. The van der Waals surface area contributed by atoms with Crippen LogP contribution >= 0.6 is 11.3 Å². The summed E-state index contributed by atoms with van der Waals surface area (Å²) in [5.41, 5.74) is -0.334. The molecule has 15 heteroatoms. The molecule has 0 saturated carbocycles. The molecule has 1 aliphatic heterocycles. The highest BCUT2D eigenvalue weighted by Crippen LogP contribution is 2.32. The molecule has 0 N–H and O–H groups in total. The van der Waals surface area contributed by atoms with Crippen LogP contribution in [0.15, 0.2) is 29.3 Å². The minimum Gasteiger partial charge on any atom is -0.480 e. The Morgan fingerprint density at radius 2 is 1.77 bits per heavy atom. The molecule has 35 heavy (non-hydrogen) atoms. The summed E-state index contributed by atoms with van der Waals surface area (Å²) in [6.45, 7) is 1.37. The van der Waals surface area contributed by atoms with Crippen molar-refractivity contribution in [3.63, 3.8) is 0 Å². The lowest BCUT2D eigenvalue weighted by molar-refractivity contribution is -0.189. The van der Waals surface area contributed by atoms with Crippen LogP contribution in [0, 0.1) is 0 Å². The molecule has 3 rings (SSSR count). The maximum atomic E-state index is 13.1. The van der Waals surface area contributed by atoms with Gasteiger partial charge in [0.2, 0.25) is 0 Å². The highest BCUT2D eigenvalue weighted by Gasteiger charge is 2.39. The molecule has 0 radical (unpaired) electrons. The predicted molar refractivity (Wildman–Crippen MR) is 116 cm³/mol. The van der Waals surface area contributed by atoms with Gasteiger partial charge in [-0.2, -0.15) is 26.3 Å². The molecule has 1 aromatic heterocycles. The molecule has 1 aromatic carbocycles. The zero-order valence-corrected chi connectivity index (χ0v) is 20.1. The number of alkyl halides is 6. The van der Waals surface area contributed by atoms with Gasteiger partial charge in [-0.1, -0.05) is 0 Å². The number of halogens is 6. The Labute approximate surface area is 201 Å². The first kappa shape index (κ1) is 27.0. The molecule has 1 amide bonds. The fraction of sp³-hybridized carbons (Fsp3) is 0.500. The monoisotopic (exact) mass is 545 g/mol. The maximum Gasteiger partial charge on any atom is 0.425 e. The van der Waals surface area contributed by atoms with Gasteiger partial charge in [-0.15, -0.1) is 11.3 Å². The highest BCUT2D eigenvalue weighted by molar-refractivity contribution is 7.90. The highest BCUT2D eigenvalue weighted by atomic mass is 32.2. The van der Waals surface area contributed by atoms with Crippen LogP contribution in [0.4, 0.5) is 31.5 Å². The Morgan fingerprint density at radius 3 is 2.31 bits per heavy atom. The first-order valence-electron chi connectivity index (χ1n) is 10.2. The van der Waals surface area contributed by atoms with Crippen LogP contribution < -0.4 is 9.64 Å². The number of amides is 1. The van der Waals surface area contributed by atoms with E-state index in [4.69, 9.17) is 4.74 Å². The molecule has 0 spiro atoms. The van der Waals surface area contributed by atoms with Crippen LogP contribution in [0.2, 0.25) is 0 Å². The molecule has 7 nitrogen and oxygen atoms in total. The normalized spacial score (nSPS) is 16.3. The number of benzene rings is 1. The van der Waals surface area contributed by atoms with E-state index in [0.29, 0.717) is 5.13 Å². The van der Waals surface area contributed by atoms with Crippen molar-refractivity contribution >= 4 is 32.2 Å². The molecule has 194 valence electrons. The number of rotatable bonds is 6. The third-order valence-electron chi connectivity index (χ3n) is 5.13. The number of piperazine rings is 1. The molecule has 1 unspecified atom stereocenters. The van der Waals surface area contributed by atoms with Crippen molar-refractivity contribution in [1.29, 1.82) is 0 Å². The van der Waals surface area contributed by atoms with Gasteiger partial charge in [-0.25, -0.2) is 13.4 Å². The van der Waals surface area contributed by atoms with Crippen molar-refractivity contribution in [3.8, 4) is 5.75 Å². The molecule has 1 aliphatic rings. The summed E-state index contributed by atoms with van der Waals surface area (Å²) >= 11 is 0.887. The van der Waals surface area contributed by atoms with Gasteiger partial charge in [0.1, 0.15) is 5.75 Å². The average molecular weight is 546 g/mol. The zero-order valence-electron chi connectivity index (χ0n) is 18.5. The lowest BCUT2D eigenvalue weighted by atomic mass is 10.1. The first-order valence-corrected chi connectivity index (χ1v) is 12.9. The number of thiazole rings is 1. The topological polar surface area (TPSA) is 79.8 Å². The summed E-state index contributed by atoms with van der Waals surface area (Å²) in [7, 11) is -3.76. The molecule has 0 aliphatic carbocycles. The smallest absolute Gasteiger partial charge is 0.425 e. The van der Waals surface area contributed by atoms with E-state index in [9.17, 15) is 39.6 Å². The van der Waals surface area contributed by atoms with E-state index >= 15 is 0 Å². The SMILES string of the molecule is CC(Oc1ccc(S(C)(=O)=O)cc1C(=O)N1CCN(c2ncc(CC(F)(F)F)s2)CC1)C(F)(F)F. The van der Waals surface area contributed by atoms with Crippen molar-refractivity contribution in [1.82, 2.24) is 9.88 Å². The van der Waals surface area contributed by atoms with Crippen LogP contribution in [-0.4, -0.2) is 75.1 Å². The van der Waals surface area contributed by atoms with Crippen LogP contribution in [0.1, 0.15) is 22.2 Å². The van der Waals surface area contributed by atoms with Crippen LogP contribution in [0.25, 0.3) is 0 Å². The van der Waals surface area contributed by atoms with E-state index in [-0.39, 0.29) is 41.5 Å². The van der Waals surface area contributed by atoms with E-state index in [1.165, 1.54) is 4.90 Å². The van der Waals surface area contributed by atoms with Gasteiger partial charge >= 0.3 is 12.4 Å². The van der Waals surface area contributed by atoms with Crippen molar-refractivity contribution in [2.24, 2.45) is 0 Å². The summed E-state index contributed by atoms with van der Waals surface area (Å²) < 4.78 is 106. The Bertz CT molecular complexity index is 1170. The number of hydrogen-bond acceptors (Lipinski definition) is 7. The average Bonchev–Trinajstić information content (AvgIpc) is 3.19. The quantitative estimate of drug-likeness (QED) is 0.512. The van der Waals surface area contributed by atoms with Crippen molar-refractivity contribution < 1.29 is 44.3 Å². The maximum absolute atomic E-state index is 13.1. The van der Waals surface area contributed by atoms with Gasteiger partial charge in [0.05, 0.1) is 16.9 Å². The predicted octanol–water partition coefficient (Wildman–Crippen LogP) is 3.94. The van der Waals surface area contributed by atoms with Gasteiger partial charge in [-0.05, 0) is 25.1 Å². The molecule has 1 saturated heterocycles. The standard InChI is InChI=1S/C20H21F6N3O4S2/c1-12(20(24,25)26)33-16-4-3-14(35(2,31)32)9-15(16)17(30)28-5-7-29(8-6-28)18-27-11-13(34-18)10-19(21,22)23/h3-4,9,11-12H,5-8,10H2,1-2H3. The largest absolute Gasteiger partial charge is 0.480 e. The van der Waals surface area contributed by atoms with Crippen molar-refractivity contribution in [2.45, 2.75) is 36.7 Å². The molecule has 2 aromatic rings. The lowest BCUT2D eigenvalue weighted by Crippen LogP contribution is -2.49. The Kier molecular flexibility index (Phi) is 7.60. The second kappa shape index (κ2) is 9.84. The number of ether oxygens (including phenoxy) is 1. The van der Waals surface area contributed by atoms with Gasteiger partial charge in [0, 0.05) is 43.5 Å². The number of anilines is 1. The lowest BCUT2D eigenvalue weighted by Gasteiger charge is -2.35. The minimum absolute atomic E-state index is 0.0455. The number of carbonyl (C=O) groups excluding carboxylic acids is 1. The number of carbonyl (C=O) groups is 1. The third-order valence-corrected chi connectivity index (χ3v) is 7.30. The Hall–Kier alpha value is -2.55. The molecular formula is C20H21F6N3O4S2. The van der Waals surface area contributed by atoms with Gasteiger partial charge in [0.25, 0.3) is 5.91 Å². The summed E-state index contributed by atoms with van der Waals surface area (Å²) in [6, 6.07) is 3.05. The number of hydrogen-bond donors (Lipinski definition) is 0. The molecule has 2 heterocycles. The van der Waals surface area contributed by atoms with Crippen LogP contribution in [0.5, 0.6) is 5.75 Å². The fourth-order valence-corrected chi connectivity index (χ4v) is 4.90. The summed E-state index contributed by atoms with van der Waals surface area (Å²) in [5, 5.41) is 0.360. The minimum atomic E-state index is -4.71. The summed E-state index contributed by atoms with van der Waals surface area (Å²) in [6.07, 6.45) is -10.4. The second-order valence-corrected chi connectivity index (χ2v) is 11.0. The third kappa shape index (κ3) is 6.99. The van der Waals surface area contributed by atoms with E-state index in [2.05, 4.69) is 4.98 Å². The van der Waals surface area contributed by atoms with Crippen molar-refractivity contribution in [2.75, 3.05) is 37.3 Å². The van der Waals surface area contributed by atoms with Gasteiger partial charge in [0.15, 0.2) is 21.1 Å². The van der Waals surface area contributed by atoms with E-state index in [1.807, 2.05) is 0 Å².